The summed E-state index contributed by atoms with van der Waals surface area (Å²) in [7, 11) is 1.92. The van der Waals surface area contributed by atoms with Gasteiger partial charge in [-0.25, -0.2) is 4.99 Å². The summed E-state index contributed by atoms with van der Waals surface area (Å²) in [5.74, 6) is 2.25. The Kier molecular flexibility index (Phi) is 7.75. The van der Waals surface area contributed by atoms with Crippen LogP contribution in [0, 0.1) is 12.3 Å². The fourth-order valence-corrected chi connectivity index (χ4v) is 2.71. The number of aryl methyl sites for hydroxylation is 1. The smallest absolute Gasteiger partial charge is 0.227 e. The second-order valence-corrected chi connectivity index (χ2v) is 7.76. The average molecular weight is 400 g/mol. The summed E-state index contributed by atoms with van der Waals surface area (Å²) in [6.45, 7) is 11.2. The molecule has 8 nitrogen and oxygen atoms in total. The molecule has 1 aromatic heterocycles. The number of hydrogen-bond acceptors (Lipinski definition) is 4. The van der Waals surface area contributed by atoms with Gasteiger partial charge in [0, 0.05) is 20.1 Å². The van der Waals surface area contributed by atoms with Crippen molar-refractivity contribution in [1.82, 2.24) is 30.7 Å². The number of carbonyl (C=O) groups excluding carboxylic acids is 1. The van der Waals surface area contributed by atoms with E-state index >= 15 is 0 Å². The Labute approximate surface area is 173 Å². The fourth-order valence-electron chi connectivity index (χ4n) is 2.71. The molecule has 1 aromatic carbocycles. The number of rotatable bonds is 8. The Hall–Kier alpha value is -2.90. The van der Waals surface area contributed by atoms with E-state index < -0.39 is 5.41 Å². The maximum absolute atomic E-state index is 12.3. The van der Waals surface area contributed by atoms with Gasteiger partial charge in [0.1, 0.15) is 12.4 Å². The van der Waals surface area contributed by atoms with E-state index in [0.29, 0.717) is 25.6 Å². The van der Waals surface area contributed by atoms with Crippen molar-refractivity contribution in [3.05, 3.63) is 47.5 Å². The molecule has 3 N–H and O–H groups in total. The Morgan fingerprint density at radius 2 is 1.90 bits per heavy atom. The number of guanidine groups is 1. The molecule has 158 valence electrons. The zero-order chi connectivity index (χ0) is 21.4. The van der Waals surface area contributed by atoms with E-state index in [9.17, 15) is 4.79 Å². The van der Waals surface area contributed by atoms with Crippen LogP contribution in [0.15, 0.2) is 35.3 Å². The van der Waals surface area contributed by atoms with Gasteiger partial charge in [0.25, 0.3) is 0 Å². The van der Waals surface area contributed by atoms with Gasteiger partial charge in [-0.3, -0.25) is 4.79 Å². The third-order valence-corrected chi connectivity index (χ3v) is 4.86. The Morgan fingerprint density at radius 1 is 1.21 bits per heavy atom. The van der Waals surface area contributed by atoms with Crippen LogP contribution in [-0.4, -0.2) is 39.7 Å². The van der Waals surface area contributed by atoms with Gasteiger partial charge in [0.2, 0.25) is 5.91 Å². The van der Waals surface area contributed by atoms with E-state index in [1.807, 2.05) is 57.5 Å². The van der Waals surface area contributed by atoms with E-state index in [2.05, 4.69) is 50.2 Å². The van der Waals surface area contributed by atoms with Gasteiger partial charge in [-0.1, -0.05) is 30.3 Å². The second-order valence-electron chi connectivity index (χ2n) is 7.76. The molecule has 0 aliphatic rings. The normalized spacial score (nSPS) is 13.1. The first-order valence-electron chi connectivity index (χ1n) is 9.97. The zero-order valence-electron chi connectivity index (χ0n) is 18.3. The maximum Gasteiger partial charge on any atom is 0.227 e. The molecule has 8 heteroatoms. The molecule has 2 rings (SSSR count). The Balaban J connectivity index is 2.14. The molecule has 0 radical (unpaired) electrons. The topological polar surface area (TPSA) is 96.2 Å². The molecule has 0 aliphatic carbocycles. The van der Waals surface area contributed by atoms with Crippen LogP contribution >= 0.6 is 0 Å². The molecular weight excluding hydrogens is 366 g/mol. The molecule has 0 saturated carbocycles. The summed E-state index contributed by atoms with van der Waals surface area (Å²) in [5, 5.41) is 17.9. The van der Waals surface area contributed by atoms with Crippen LogP contribution in [0.1, 0.15) is 50.9 Å². The van der Waals surface area contributed by atoms with Crippen LogP contribution in [-0.2, 0) is 18.4 Å². The molecule has 2 aromatic rings. The molecule has 0 bridgehead atoms. The quantitative estimate of drug-likeness (QED) is 0.467. The average Bonchev–Trinajstić information content (AvgIpc) is 3.02. The van der Waals surface area contributed by atoms with E-state index in [-0.39, 0.29) is 11.9 Å². The number of nitrogens with one attached hydrogen (secondary N) is 3. The summed E-state index contributed by atoms with van der Waals surface area (Å²) < 4.78 is 1.92. The molecule has 0 aliphatic heterocycles. The van der Waals surface area contributed by atoms with E-state index in [1.54, 1.807) is 0 Å². The zero-order valence-corrected chi connectivity index (χ0v) is 18.3. The number of nitrogens with zero attached hydrogens (tertiary/aromatic N) is 4. The molecular formula is C21H33N7O. The number of hydrogen-bond donors (Lipinski definition) is 3. The minimum absolute atomic E-state index is 0.00637. The van der Waals surface area contributed by atoms with Crippen molar-refractivity contribution >= 4 is 11.9 Å². The van der Waals surface area contributed by atoms with Crippen molar-refractivity contribution < 1.29 is 4.79 Å². The third kappa shape index (κ3) is 6.30. The lowest BCUT2D eigenvalue weighted by atomic mass is 9.92. The molecule has 29 heavy (non-hydrogen) atoms. The largest absolute Gasteiger partial charge is 0.356 e. The van der Waals surface area contributed by atoms with Crippen molar-refractivity contribution in [1.29, 1.82) is 0 Å². The van der Waals surface area contributed by atoms with Gasteiger partial charge in [-0.15, -0.1) is 10.2 Å². The van der Waals surface area contributed by atoms with Gasteiger partial charge in [0.15, 0.2) is 11.8 Å². The number of aromatic nitrogens is 3. The minimum Gasteiger partial charge on any atom is -0.356 e. The van der Waals surface area contributed by atoms with Crippen LogP contribution in [0.2, 0.25) is 0 Å². The van der Waals surface area contributed by atoms with Gasteiger partial charge >= 0.3 is 0 Å². The first kappa shape index (κ1) is 22.4. The van der Waals surface area contributed by atoms with Crippen LogP contribution in [0.3, 0.4) is 0 Å². The van der Waals surface area contributed by atoms with Gasteiger partial charge in [0.05, 0.1) is 11.5 Å². The lowest BCUT2D eigenvalue weighted by Gasteiger charge is -2.26. The van der Waals surface area contributed by atoms with E-state index in [4.69, 9.17) is 0 Å². The molecule has 1 heterocycles. The first-order chi connectivity index (χ1) is 13.7. The lowest BCUT2D eigenvalue weighted by Crippen LogP contribution is -2.48. The van der Waals surface area contributed by atoms with Gasteiger partial charge in [-0.05, 0) is 40.2 Å². The predicted molar refractivity (Wildman–Crippen MR) is 115 cm³/mol. The lowest BCUT2D eigenvalue weighted by molar-refractivity contribution is -0.128. The molecule has 1 amide bonds. The Morgan fingerprint density at radius 3 is 2.48 bits per heavy atom. The highest BCUT2D eigenvalue weighted by molar-refractivity contribution is 5.84. The van der Waals surface area contributed by atoms with Crippen LogP contribution in [0.5, 0.6) is 0 Å². The highest BCUT2D eigenvalue weighted by Gasteiger charge is 2.27. The molecule has 0 fully saturated rings. The maximum atomic E-state index is 12.3. The highest BCUT2D eigenvalue weighted by Crippen LogP contribution is 2.14. The van der Waals surface area contributed by atoms with Gasteiger partial charge < -0.3 is 20.5 Å². The highest BCUT2D eigenvalue weighted by atomic mass is 16.2. The molecule has 1 atom stereocenters. The first-order valence-corrected chi connectivity index (χ1v) is 9.97. The van der Waals surface area contributed by atoms with Crippen molar-refractivity contribution in [2.45, 2.75) is 47.2 Å². The third-order valence-electron chi connectivity index (χ3n) is 4.86. The van der Waals surface area contributed by atoms with E-state index in [0.717, 1.165) is 17.2 Å². The molecule has 0 saturated heterocycles. The predicted octanol–water partition coefficient (Wildman–Crippen LogP) is 2.08. The molecule has 1 unspecified atom stereocenters. The number of carbonyl (C=O) groups is 1. The van der Waals surface area contributed by atoms with Crippen LogP contribution in [0.25, 0.3) is 0 Å². The summed E-state index contributed by atoms with van der Waals surface area (Å²) in [5.41, 5.74) is 0.579. The number of benzene rings is 1. The van der Waals surface area contributed by atoms with Crippen molar-refractivity contribution in [3.8, 4) is 0 Å². The van der Waals surface area contributed by atoms with Crippen LogP contribution in [0.4, 0.5) is 0 Å². The van der Waals surface area contributed by atoms with Crippen molar-refractivity contribution in [3.63, 3.8) is 0 Å². The number of aliphatic imine (C=N–C) groups is 1. The second kappa shape index (κ2) is 10.0. The van der Waals surface area contributed by atoms with Gasteiger partial charge in [-0.2, -0.15) is 0 Å². The summed E-state index contributed by atoms with van der Waals surface area (Å²) >= 11 is 0. The summed E-state index contributed by atoms with van der Waals surface area (Å²) in [6, 6.07) is 10.2. The molecule has 0 spiro atoms. The summed E-state index contributed by atoms with van der Waals surface area (Å²) in [4.78, 5) is 17.0. The SMILES string of the molecule is CCNC(=O)C(C)(C)CNC(=NCc1nnc(C)n1C)NC(C)c1ccccc1. The minimum atomic E-state index is -0.574. The standard InChI is InChI=1S/C21H33N7O/c1-7-22-19(29)21(4,5)14-24-20(23-13-18-27-26-16(3)28(18)6)25-15(2)17-11-9-8-10-12-17/h8-12,15H,7,13-14H2,1-6H3,(H,22,29)(H2,23,24,25). The fraction of sp³-hybridized carbons (Fsp3) is 0.524. The van der Waals surface area contributed by atoms with Crippen molar-refractivity contribution in [2.75, 3.05) is 13.1 Å². The monoisotopic (exact) mass is 399 g/mol. The summed E-state index contributed by atoms with van der Waals surface area (Å²) in [6.07, 6.45) is 0. The van der Waals surface area contributed by atoms with E-state index in [1.165, 1.54) is 0 Å². The van der Waals surface area contributed by atoms with Crippen molar-refractivity contribution in [2.24, 2.45) is 17.5 Å². The Bertz CT molecular complexity index is 827. The van der Waals surface area contributed by atoms with Crippen LogP contribution < -0.4 is 16.0 Å². The number of amides is 1.